The van der Waals surface area contributed by atoms with E-state index in [9.17, 15) is 0 Å². The highest BCUT2D eigenvalue weighted by Gasteiger charge is 2.19. The minimum atomic E-state index is 0. The third kappa shape index (κ3) is 6.36. The molecule has 92 valence electrons. The maximum atomic E-state index is 5.56. The van der Waals surface area contributed by atoms with Crippen LogP contribution in [0.4, 0.5) is 0 Å². The van der Waals surface area contributed by atoms with Crippen molar-refractivity contribution in [3.8, 4) is 0 Å². The van der Waals surface area contributed by atoms with E-state index >= 15 is 0 Å². The third-order valence-electron chi connectivity index (χ3n) is 2.68. The molecule has 4 heteroatoms. The fourth-order valence-electron chi connectivity index (χ4n) is 1.78. The molecule has 0 aromatic rings. The minimum Gasteiger partial charge on any atom is -0.380 e. The Bertz CT molecular complexity index is 156. The van der Waals surface area contributed by atoms with E-state index in [1.807, 2.05) is 7.05 Å². The van der Waals surface area contributed by atoms with E-state index < -0.39 is 0 Å². The number of likely N-dealkylation sites (tertiary alicyclic amines) is 1. The van der Waals surface area contributed by atoms with Gasteiger partial charge in [-0.2, -0.15) is 0 Å². The molecule has 0 spiro atoms. The summed E-state index contributed by atoms with van der Waals surface area (Å²) in [6.07, 6.45) is 1.28. The van der Waals surface area contributed by atoms with E-state index in [4.69, 9.17) is 4.74 Å². The molecule has 1 saturated heterocycles. The molecule has 0 aliphatic carbocycles. The number of hydrogen-bond acceptors (Lipinski definition) is 3. The lowest BCUT2D eigenvalue weighted by atomic mass is 10.2. The second-order valence-corrected chi connectivity index (χ2v) is 4.54. The summed E-state index contributed by atoms with van der Waals surface area (Å²) in [5.41, 5.74) is 0. The normalized spacial score (nSPS) is 22.0. The Morgan fingerprint density at radius 3 is 2.73 bits per heavy atom. The van der Waals surface area contributed by atoms with Crippen molar-refractivity contribution >= 4 is 12.4 Å². The standard InChI is InChI=1S/C11H24N2O.ClH/c1-10(2)9-14-7-6-13-5-4-11(8-13)12-3;/h10-12H,4-9H2,1-3H3;1H. The van der Waals surface area contributed by atoms with Crippen molar-refractivity contribution in [3.05, 3.63) is 0 Å². The molecule has 0 saturated carbocycles. The van der Waals surface area contributed by atoms with Crippen LogP contribution in [0.3, 0.4) is 0 Å². The Kier molecular flexibility index (Phi) is 8.43. The number of likely N-dealkylation sites (N-methyl/N-ethyl adjacent to an activating group) is 1. The van der Waals surface area contributed by atoms with Crippen LogP contribution in [0.25, 0.3) is 0 Å². The average molecular weight is 237 g/mol. The number of ether oxygens (including phenoxy) is 1. The van der Waals surface area contributed by atoms with Crippen molar-refractivity contribution < 1.29 is 4.74 Å². The highest BCUT2D eigenvalue weighted by atomic mass is 35.5. The fourth-order valence-corrected chi connectivity index (χ4v) is 1.78. The second kappa shape index (κ2) is 8.34. The second-order valence-electron chi connectivity index (χ2n) is 4.54. The largest absolute Gasteiger partial charge is 0.380 e. The predicted molar refractivity (Wildman–Crippen MR) is 66.8 cm³/mol. The number of rotatable bonds is 6. The van der Waals surface area contributed by atoms with Gasteiger partial charge in [-0.1, -0.05) is 13.8 Å². The summed E-state index contributed by atoms with van der Waals surface area (Å²) < 4.78 is 5.56. The fraction of sp³-hybridized carbons (Fsp3) is 1.00. The molecule has 1 heterocycles. The van der Waals surface area contributed by atoms with Crippen molar-refractivity contribution in [3.63, 3.8) is 0 Å². The Labute approximate surface area is 100.0 Å². The van der Waals surface area contributed by atoms with Crippen LogP contribution in [0.5, 0.6) is 0 Å². The molecule has 0 aromatic heterocycles. The van der Waals surface area contributed by atoms with Crippen LogP contribution in [-0.2, 0) is 4.74 Å². The van der Waals surface area contributed by atoms with E-state index in [2.05, 4.69) is 24.1 Å². The van der Waals surface area contributed by atoms with Gasteiger partial charge in [-0.3, -0.25) is 4.90 Å². The monoisotopic (exact) mass is 236 g/mol. The first-order valence-corrected chi connectivity index (χ1v) is 5.69. The van der Waals surface area contributed by atoms with Crippen molar-refractivity contribution in [2.45, 2.75) is 26.3 Å². The van der Waals surface area contributed by atoms with Crippen LogP contribution in [0.2, 0.25) is 0 Å². The van der Waals surface area contributed by atoms with Gasteiger partial charge in [0.25, 0.3) is 0 Å². The van der Waals surface area contributed by atoms with Crippen molar-refractivity contribution in [2.24, 2.45) is 5.92 Å². The van der Waals surface area contributed by atoms with Gasteiger partial charge in [0.15, 0.2) is 0 Å². The highest BCUT2D eigenvalue weighted by molar-refractivity contribution is 5.85. The number of nitrogens with zero attached hydrogens (tertiary/aromatic N) is 1. The molecule has 0 aromatic carbocycles. The lowest BCUT2D eigenvalue weighted by Crippen LogP contribution is -2.31. The summed E-state index contributed by atoms with van der Waals surface area (Å²) in [5, 5.41) is 3.32. The van der Waals surface area contributed by atoms with Gasteiger partial charge < -0.3 is 10.1 Å². The van der Waals surface area contributed by atoms with Gasteiger partial charge in [0.2, 0.25) is 0 Å². The van der Waals surface area contributed by atoms with Gasteiger partial charge >= 0.3 is 0 Å². The SMILES string of the molecule is CNC1CCN(CCOCC(C)C)C1.Cl. The van der Waals surface area contributed by atoms with E-state index in [1.165, 1.54) is 19.5 Å². The zero-order chi connectivity index (χ0) is 10.4. The van der Waals surface area contributed by atoms with Crippen LogP contribution in [0, 0.1) is 5.92 Å². The topological polar surface area (TPSA) is 24.5 Å². The Hall–Kier alpha value is 0.170. The maximum Gasteiger partial charge on any atom is 0.0593 e. The van der Waals surface area contributed by atoms with Gasteiger partial charge in [0.1, 0.15) is 0 Å². The quantitative estimate of drug-likeness (QED) is 0.706. The van der Waals surface area contributed by atoms with Gasteiger partial charge in [-0.25, -0.2) is 0 Å². The average Bonchev–Trinajstić information content (AvgIpc) is 2.60. The van der Waals surface area contributed by atoms with E-state index in [0.29, 0.717) is 12.0 Å². The Morgan fingerprint density at radius 1 is 1.47 bits per heavy atom. The molecule has 3 nitrogen and oxygen atoms in total. The molecular weight excluding hydrogens is 212 g/mol. The Morgan fingerprint density at radius 2 is 2.20 bits per heavy atom. The molecule has 1 N–H and O–H groups in total. The third-order valence-corrected chi connectivity index (χ3v) is 2.68. The van der Waals surface area contributed by atoms with Crippen LogP contribution in [0.1, 0.15) is 20.3 Å². The molecule has 1 aliphatic heterocycles. The van der Waals surface area contributed by atoms with E-state index in [-0.39, 0.29) is 12.4 Å². The molecule has 15 heavy (non-hydrogen) atoms. The lowest BCUT2D eigenvalue weighted by molar-refractivity contribution is 0.0907. The van der Waals surface area contributed by atoms with E-state index in [0.717, 1.165) is 19.8 Å². The van der Waals surface area contributed by atoms with Crippen molar-refractivity contribution in [2.75, 3.05) is 39.9 Å². The summed E-state index contributed by atoms with van der Waals surface area (Å²) in [6.45, 7) is 9.64. The Balaban J connectivity index is 0.00000196. The zero-order valence-corrected chi connectivity index (χ0v) is 11.0. The minimum absolute atomic E-state index is 0. The summed E-state index contributed by atoms with van der Waals surface area (Å²) in [5.74, 6) is 0.652. The molecule has 1 atom stereocenters. The first-order chi connectivity index (χ1) is 6.72. The molecule has 1 aliphatic rings. The highest BCUT2D eigenvalue weighted by Crippen LogP contribution is 2.07. The van der Waals surface area contributed by atoms with Crippen LogP contribution >= 0.6 is 12.4 Å². The van der Waals surface area contributed by atoms with Crippen LogP contribution in [0.15, 0.2) is 0 Å². The summed E-state index contributed by atoms with van der Waals surface area (Å²) in [6, 6.07) is 0.695. The van der Waals surface area contributed by atoms with Crippen molar-refractivity contribution in [1.29, 1.82) is 0 Å². The smallest absolute Gasteiger partial charge is 0.0593 e. The van der Waals surface area contributed by atoms with Gasteiger partial charge in [-0.05, 0) is 25.9 Å². The van der Waals surface area contributed by atoms with Gasteiger partial charge in [0, 0.05) is 25.7 Å². The molecule has 0 bridgehead atoms. The van der Waals surface area contributed by atoms with Crippen molar-refractivity contribution in [1.82, 2.24) is 10.2 Å². The van der Waals surface area contributed by atoms with Gasteiger partial charge in [0.05, 0.1) is 6.61 Å². The molecule has 0 radical (unpaired) electrons. The zero-order valence-electron chi connectivity index (χ0n) is 10.2. The number of halogens is 1. The van der Waals surface area contributed by atoms with E-state index in [1.54, 1.807) is 0 Å². The lowest BCUT2D eigenvalue weighted by Gasteiger charge is -2.16. The predicted octanol–water partition coefficient (Wildman–Crippen LogP) is 1.37. The van der Waals surface area contributed by atoms with Gasteiger partial charge in [-0.15, -0.1) is 12.4 Å². The number of hydrogen-bond donors (Lipinski definition) is 1. The molecule has 1 unspecified atom stereocenters. The molecular formula is C11H25ClN2O. The summed E-state index contributed by atoms with van der Waals surface area (Å²) in [7, 11) is 2.05. The maximum absolute atomic E-state index is 5.56. The number of nitrogens with one attached hydrogen (secondary N) is 1. The first-order valence-electron chi connectivity index (χ1n) is 5.69. The molecule has 0 amide bonds. The van der Waals surface area contributed by atoms with Crippen LogP contribution in [-0.4, -0.2) is 50.8 Å². The molecule has 1 fully saturated rings. The summed E-state index contributed by atoms with van der Waals surface area (Å²) in [4.78, 5) is 2.47. The summed E-state index contributed by atoms with van der Waals surface area (Å²) >= 11 is 0. The van der Waals surface area contributed by atoms with Crippen LogP contribution < -0.4 is 5.32 Å². The molecule has 1 rings (SSSR count). The first kappa shape index (κ1) is 15.2.